The van der Waals surface area contributed by atoms with E-state index >= 15 is 0 Å². The molecule has 0 aliphatic rings. The summed E-state index contributed by atoms with van der Waals surface area (Å²) in [5, 5.41) is 2.79. The van der Waals surface area contributed by atoms with Crippen LogP contribution in [0.2, 0.25) is 0 Å². The van der Waals surface area contributed by atoms with Gasteiger partial charge in [0.15, 0.2) is 12.2 Å². The molecule has 2 rings (SSSR count). The summed E-state index contributed by atoms with van der Waals surface area (Å²) in [5.41, 5.74) is 1.36. The van der Waals surface area contributed by atoms with Crippen molar-refractivity contribution in [2.24, 2.45) is 0 Å². The van der Waals surface area contributed by atoms with Crippen molar-refractivity contribution in [3.63, 3.8) is 0 Å². The van der Waals surface area contributed by atoms with E-state index < -0.39 is 5.97 Å². The number of para-hydroxylation sites is 2. The molecular weight excluding hydrogens is 296 g/mol. The van der Waals surface area contributed by atoms with E-state index in [0.29, 0.717) is 17.0 Å². The molecule has 6 heteroatoms. The predicted molar refractivity (Wildman–Crippen MR) is 86.5 cm³/mol. The molecular formula is C17H20N2O4. The molecule has 2 aromatic rings. The third-order valence-electron chi connectivity index (χ3n) is 3.37. The van der Waals surface area contributed by atoms with Gasteiger partial charge in [0.25, 0.3) is 5.91 Å². The summed E-state index contributed by atoms with van der Waals surface area (Å²) >= 11 is 0. The van der Waals surface area contributed by atoms with Crippen molar-refractivity contribution in [3.8, 4) is 0 Å². The minimum Gasteiger partial charge on any atom is -0.452 e. The van der Waals surface area contributed by atoms with Gasteiger partial charge in [-0.3, -0.25) is 4.79 Å². The topological polar surface area (TPSA) is 81.4 Å². The van der Waals surface area contributed by atoms with Crippen LogP contribution < -0.4 is 5.32 Å². The summed E-state index contributed by atoms with van der Waals surface area (Å²) < 4.78 is 10.3. The number of nitrogens with one attached hydrogen (secondary N) is 1. The van der Waals surface area contributed by atoms with Crippen LogP contribution in [-0.4, -0.2) is 29.5 Å². The number of amides is 1. The van der Waals surface area contributed by atoms with E-state index in [-0.39, 0.29) is 18.6 Å². The zero-order valence-electron chi connectivity index (χ0n) is 13.2. The normalized spacial score (nSPS) is 11.3. The average molecular weight is 316 g/mol. The summed E-state index contributed by atoms with van der Waals surface area (Å²) in [5.74, 6) is -0.612. The lowest BCUT2D eigenvalue weighted by Crippen LogP contribution is -2.36. The van der Waals surface area contributed by atoms with Crippen molar-refractivity contribution in [3.05, 3.63) is 36.2 Å². The Hall–Kier alpha value is -2.63. The van der Waals surface area contributed by atoms with Crippen molar-refractivity contribution in [2.45, 2.75) is 32.7 Å². The number of nitrogens with zero attached hydrogens (tertiary/aromatic N) is 1. The Balaban J connectivity index is 1.83. The average Bonchev–Trinajstić information content (AvgIpc) is 2.98. The van der Waals surface area contributed by atoms with Gasteiger partial charge in [0.2, 0.25) is 5.89 Å². The zero-order chi connectivity index (χ0) is 16.7. The van der Waals surface area contributed by atoms with E-state index in [1.54, 1.807) is 6.07 Å². The molecule has 0 atom stereocenters. The molecule has 6 nitrogen and oxygen atoms in total. The zero-order valence-corrected chi connectivity index (χ0v) is 13.2. The lowest BCUT2D eigenvalue weighted by atomic mass is 10.2. The molecule has 23 heavy (non-hydrogen) atoms. The van der Waals surface area contributed by atoms with Crippen LogP contribution in [0.4, 0.5) is 0 Å². The molecule has 0 spiro atoms. The molecule has 1 aromatic carbocycles. The number of hydrogen-bond acceptors (Lipinski definition) is 5. The van der Waals surface area contributed by atoms with Crippen molar-refractivity contribution < 1.29 is 18.7 Å². The van der Waals surface area contributed by atoms with E-state index in [0.717, 1.165) is 12.8 Å². The largest absolute Gasteiger partial charge is 0.452 e. The first-order chi connectivity index (χ1) is 11.1. The Bertz CT molecular complexity index is 668. The Morgan fingerprint density at radius 2 is 2.04 bits per heavy atom. The van der Waals surface area contributed by atoms with Crippen LogP contribution in [0.15, 0.2) is 34.8 Å². The Morgan fingerprint density at radius 1 is 1.30 bits per heavy atom. The molecule has 0 radical (unpaired) electrons. The van der Waals surface area contributed by atoms with Crippen LogP contribution in [0.25, 0.3) is 17.2 Å². The van der Waals surface area contributed by atoms with Gasteiger partial charge < -0.3 is 14.5 Å². The lowest BCUT2D eigenvalue weighted by molar-refractivity contribution is -0.144. The molecule has 122 valence electrons. The van der Waals surface area contributed by atoms with Gasteiger partial charge in [-0.05, 0) is 25.0 Å². The third kappa shape index (κ3) is 4.95. The van der Waals surface area contributed by atoms with Gasteiger partial charge in [0, 0.05) is 18.2 Å². The number of ether oxygens (including phenoxy) is 1. The highest BCUT2D eigenvalue weighted by molar-refractivity contribution is 5.89. The van der Waals surface area contributed by atoms with Gasteiger partial charge in [0.1, 0.15) is 5.52 Å². The van der Waals surface area contributed by atoms with Gasteiger partial charge >= 0.3 is 5.97 Å². The minimum atomic E-state index is -0.619. The molecule has 0 unspecified atom stereocenters. The summed E-state index contributed by atoms with van der Waals surface area (Å²) in [6.45, 7) is 3.68. The van der Waals surface area contributed by atoms with Crippen LogP contribution in [0, 0.1) is 0 Å². The standard InChI is InChI=1S/C17H20N2O4/c1-3-12(4-2)18-15(20)11-22-17(21)10-9-16-19-13-7-5-6-8-14(13)23-16/h5-10,12H,3-4,11H2,1-2H3,(H,18,20)/b10-9+. The summed E-state index contributed by atoms with van der Waals surface area (Å²) in [7, 11) is 0. The second-order valence-corrected chi connectivity index (χ2v) is 5.04. The molecule has 0 fully saturated rings. The van der Waals surface area contributed by atoms with Gasteiger partial charge in [-0.15, -0.1) is 0 Å². The molecule has 1 aromatic heterocycles. The van der Waals surface area contributed by atoms with Gasteiger partial charge in [-0.25, -0.2) is 9.78 Å². The van der Waals surface area contributed by atoms with Gasteiger partial charge in [-0.1, -0.05) is 26.0 Å². The van der Waals surface area contributed by atoms with Crippen molar-refractivity contribution >= 4 is 29.1 Å². The van der Waals surface area contributed by atoms with Gasteiger partial charge in [0.05, 0.1) is 0 Å². The number of fused-ring (bicyclic) bond motifs is 1. The first-order valence-corrected chi connectivity index (χ1v) is 7.62. The first kappa shape index (κ1) is 16.7. The van der Waals surface area contributed by atoms with Crippen LogP contribution in [0.5, 0.6) is 0 Å². The van der Waals surface area contributed by atoms with Crippen molar-refractivity contribution in [1.82, 2.24) is 10.3 Å². The quantitative estimate of drug-likeness (QED) is 0.627. The molecule has 0 saturated carbocycles. The highest BCUT2D eigenvalue weighted by Gasteiger charge is 2.10. The fourth-order valence-electron chi connectivity index (χ4n) is 2.05. The molecule has 0 saturated heterocycles. The number of hydrogen-bond donors (Lipinski definition) is 1. The molecule has 1 N–H and O–H groups in total. The van der Waals surface area contributed by atoms with E-state index in [9.17, 15) is 9.59 Å². The highest BCUT2D eigenvalue weighted by atomic mass is 16.5. The first-order valence-electron chi connectivity index (χ1n) is 7.62. The number of aromatic nitrogens is 1. The maximum Gasteiger partial charge on any atom is 0.331 e. The second-order valence-electron chi connectivity index (χ2n) is 5.04. The van der Waals surface area contributed by atoms with E-state index in [4.69, 9.17) is 9.15 Å². The Kier molecular flexibility index (Phi) is 5.91. The van der Waals surface area contributed by atoms with E-state index in [1.807, 2.05) is 32.0 Å². The van der Waals surface area contributed by atoms with Crippen molar-refractivity contribution in [2.75, 3.05) is 6.61 Å². The fourth-order valence-corrected chi connectivity index (χ4v) is 2.05. The number of oxazole rings is 1. The molecule has 0 bridgehead atoms. The van der Waals surface area contributed by atoms with Crippen LogP contribution in [-0.2, 0) is 14.3 Å². The number of carbonyl (C=O) groups excluding carboxylic acids is 2. The van der Waals surface area contributed by atoms with Crippen LogP contribution in [0.3, 0.4) is 0 Å². The fraction of sp³-hybridized carbons (Fsp3) is 0.353. The number of benzene rings is 1. The lowest BCUT2D eigenvalue weighted by Gasteiger charge is -2.14. The third-order valence-corrected chi connectivity index (χ3v) is 3.37. The summed E-state index contributed by atoms with van der Waals surface area (Å²) in [4.78, 5) is 27.4. The maximum absolute atomic E-state index is 11.6. The number of rotatable bonds is 7. The Morgan fingerprint density at radius 3 is 2.74 bits per heavy atom. The number of carbonyl (C=O) groups is 2. The second kappa shape index (κ2) is 8.12. The SMILES string of the molecule is CCC(CC)NC(=O)COC(=O)/C=C/c1nc2ccccc2o1. The summed E-state index contributed by atoms with van der Waals surface area (Å²) in [6, 6.07) is 7.41. The molecule has 1 amide bonds. The Labute approximate surface area is 134 Å². The van der Waals surface area contributed by atoms with Crippen molar-refractivity contribution in [1.29, 1.82) is 0 Å². The molecule has 0 aliphatic heterocycles. The van der Waals surface area contributed by atoms with E-state index in [2.05, 4.69) is 10.3 Å². The smallest absolute Gasteiger partial charge is 0.331 e. The molecule has 0 aliphatic carbocycles. The van der Waals surface area contributed by atoms with Crippen LogP contribution in [0.1, 0.15) is 32.6 Å². The minimum absolute atomic E-state index is 0.108. The van der Waals surface area contributed by atoms with Gasteiger partial charge in [-0.2, -0.15) is 0 Å². The number of esters is 1. The maximum atomic E-state index is 11.6. The predicted octanol–water partition coefficient (Wildman–Crippen LogP) is 2.69. The highest BCUT2D eigenvalue weighted by Crippen LogP contribution is 2.15. The monoisotopic (exact) mass is 316 g/mol. The van der Waals surface area contributed by atoms with Crippen LogP contribution >= 0.6 is 0 Å². The molecule has 1 heterocycles. The van der Waals surface area contributed by atoms with E-state index in [1.165, 1.54) is 12.2 Å². The summed E-state index contributed by atoms with van der Waals surface area (Å²) in [6.07, 6.45) is 4.29.